The number of halogens is 3. The van der Waals surface area contributed by atoms with E-state index < -0.39 is 35.9 Å². The van der Waals surface area contributed by atoms with Crippen LogP contribution in [0.15, 0.2) is 48.5 Å². The zero-order valence-corrected chi connectivity index (χ0v) is 16.2. The number of hydrogen-bond donors (Lipinski definition) is 2. The Balaban J connectivity index is 1.41. The maximum atomic E-state index is 12.3. The molecule has 0 aromatic heterocycles. The van der Waals surface area contributed by atoms with Gasteiger partial charge in [-0.25, -0.2) is 0 Å². The van der Waals surface area contributed by atoms with Crippen LogP contribution < -0.4 is 10.1 Å². The van der Waals surface area contributed by atoms with Crippen molar-refractivity contribution in [1.29, 1.82) is 0 Å². The molecule has 0 bridgehead atoms. The van der Waals surface area contributed by atoms with Crippen LogP contribution in [0.1, 0.15) is 45.2 Å². The second-order valence-electron chi connectivity index (χ2n) is 6.85. The molecular weight excluding hydrogens is 417 g/mol. The molecule has 2 aromatic rings. The van der Waals surface area contributed by atoms with Crippen LogP contribution >= 0.6 is 0 Å². The van der Waals surface area contributed by atoms with Crippen LogP contribution in [0.5, 0.6) is 5.75 Å². The monoisotopic (exact) mass is 436 g/mol. The van der Waals surface area contributed by atoms with Gasteiger partial charge in [0.1, 0.15) is 5.75 Å². The Morgan fingerprint density at radius 3 is 2.16 bits per heavy atom. The Bertz CT molecular complexity index is 941. The van der Waals surface area contributed by atoms with Crippen LogP contribution in [0.3, 0.4) is 0 Å². The van der Waals surface area contributed by atoms with Crippen molar-refractivity contribution in [2.45, 2.75) is 25.3 Å². The SMILES string of the molecule is O=C(CCCN1C(=O)c2ccccc2C1=O)NCC(O)c1ccc(OC(F)(F)F)cc1. The molecule has 1 aliphatic rings. The van der Waals surface area contributed by atoms with Crippen LogP contribution in [0.2, 0.25) is 0 Å². The Morgan fingerprint density at radius 2 is 1.61 bits per heavy atom. The third-order valence-electron chi connectivity index (χ3n) is 4.65. The fourth-order valence-electron chi connectivity index (χ4n) is 3.15. The summed E-state index contributed by atoms with van der Waals surface area (Å²) in [5.41, 5.74) is 0.985. The lowest BCUT2D eigenvalue weighted by Crippen LogP contribution is -2.32. The number of ether oxygens (including phenoxy) is 1. The summed E-state index contributed by atoms with van der Waals surface area (Å²) >= 11 is 0. The number of benzene rings is 2. The number of nitrogens with one attached hydrogen (secondary N) is 1. The standard InChI is InChI=1S/C21H19F3N2O5/c22-21(23,24)31-14-9-7-13(8-10-14)17(27)12-25-18(28)6-3-11-26-19(29)15-4-1-2-5-16(15)20(26)30/h1-2,4-5,7-10,17,27H,3,6,11-12H2,(H,25,28). The molecule has 0 aliphatic carbocycles. The normalized spacial score (nSPS) is 14.4. The number of carbonyl (C=O) groups excluding carboxylic acids is 3. The summed E-state index contributed by atoms with van der Waals surface area (Å²) in [5, 5.41) is 12.6. The highest BCUT2D eigenvalue weighted by Gasteiger charge is 2.34. The van der Waals surface area contributed by atoms with Gasteiger partial charge >= 0.3 is 6.36 Å². The van der Waals surface area contributed by atoms with Gasteiger partial charge in [-0.1, -0.05) is 24.3 Å². The number of aliphatic hydroxyl groups is 1. The van der Waals surface area contributed by atoms with E-state index in [-0.39, 0.29) is 25.9 Å². The largest absolute Gasteiger partial charge is 0.573 e. The van der Waals surface area contributed by atoms with Crippen molar-refractivity contribution in [3.63, 3.8) is 0 Å². The van der Waals surface area contributed by atoms with Crippen molar-refractivity contribution >= 4 is 17.7 Å². The predicted molar refractivity (Wildman–Crippen MR) is 102 cm³/mol. The van der Waals surface area contributed by atoms with E-state index in [2.05, 4.69) is 10.1 Å². The zero-order valence-electron chi connectivity index (χ0n) is 16.2. The molecule has 1 unspecified atom stereocenters. The average molecular weight is 436 g/mol. The Kier molecular flexibility index (Phi) is 6.59. The van der Waals surface area contributed by atoms with E-state index in [1.807, 2.05) is 0 Å². The average Bonchev–Trinajstić information content (AvgIpc) is 2.96. The number of carbonyl (C=O) groups is 3. The molecule has 10 heteroatoms. The van der Waals surface area contributed by atoms with Crippen LogP contribution in [0.25, 0.3) is 0 Å². The zero-order chi connectivity index (χ0) is 22.6. The van der Waals surface area contributed by atoms with Crippen molar-refractivity contribution in [2.24, 2.45) is 0 Å². The van der Waals surface area contributed by atoms with E-state index in [1.165, 1.54) is 12.1 Å². The minimum absolute atomic E-state index is 0.0263. The molecule has 0 spiro atoms. The van der Waals surface area contributed by atoms with Crippen LogP contribution in [-0.2, 0) is 4.79 Å². The van der Waals surface area contributed by atoms with Gasteiger partial charge in [0.25, 0.3) is 11.8 Å². The third-order valence-corrected chi connectivity index (χ3v) is 4.65. The lowest BCUT2D eigenvalue weighted by Gasteiger charge is -2.15. The Hall–Kier alpha value is -3.40. The van der Waals surface area contributed by atoms with Gasteiger partial charge in [-0.3, -0.25) is 19.3 Å². The first kappa shape index (κ1) is 22.3. The highest BCUT2D eigenvalue weighted by Crippen LogP contribution is 2.25. The van der Waals surface area contributed by atoms with Gasteiger partial charge in [0, 0.05) is 19.5 Å². The molecule has 31 heavy (non-hydrogen) atoms. The molecule has 1 heterocycles. The molecule has 1 atom stereocenters. The van der Waals surface area contributed by atoms with Crippen LogP contribution in [0, 0.1) is 0 Å². The molecule has 2 N–H and O–H groups in total. The highest BCUT2D eigenvalue weighted by atomic mass is 19.4. The van der Waals surface area contributed by atoms with Crippen molar-refractivity contribution < 1.29 is 37.4 Å². The molecule has 3 amide bonds. The van der Waals surface area contributed by atoms with Gasteiger partial charge in [-0.2, -0.15) is 0 Å². The van der Waals surface area contributed by atoms with Gasteiger partial charge < -0.3 is 15.2 Å². The molecule has 2 aromatic carbocycles. The smallest absolute Gasteiger partial charge is 0.406 e. The number of imide groups is 1. The lowest BCUT2D eigenvalue weighted by atomic mass is 10.1. The van der Waals surface area contributed by atoms with E-state index in [9.17, 15) is 32.7 Å². The fourth-order valence-corrected chi connectivity index (χ4v) is 3.15. The number of amides is 3. The molecule has 0 saturated heterocycles. The molecule has 164 valence electrons. The predicted octanol–water partition coefficient (Wildman–Crippen LogP) is 2.81. The van der Waals surface area contributed by atoms with Gasteiger partial charge in [-0.15, -0.1) is 13.2 Å². The summed E-state index contributed by atoms with van der Waals surface area (Å²) in [4.78, 5) is 37.6. The summed E-state index contributed by atoms with van der Waals surface area (Å²) < 4.78 is 40.2. The van der Waals surface area contributed by atoms with Gasteiger partial charge in [-0.05, 0) is 36.2 Å². The van der Waals surface area contributed by atoms with Crippen molar-refractivity contribution in [1.82, 2.24) is 10.2 Å². The van der Waals surface area contributed by atoms with Crippen molar-refractivity contribution in [3.8, 4) is 5.75 Å². The fraction of sp³-hybridized carbons (Fsp3) is 0.286. The summed E-state index contributed by atoms with van der Waals surface area (Å²) in [7, 11) is 0. The van der Waals surface area contributed by atoms with Crippen LogP contribution in [-0.4, -0.2) is 47.2 Å². The highest BCUT2D eigenvalue weighted by molar-refractivity contribution is 6.21. The quantitative estimate of drug-likeness (QED) is 0.621. The third kappa shape index (κ3) is 5.60. The summed E-state index contributed by atoms with van der Waals surface area (Å²) in [6, 6.07) is 11.1. The Labute approximate surface area is 175 Å². The lowest BCUT2D eigenvalue weighted by molar-refractivity contribution is -0.274. The van der Waals surface area contributed by atoms with Crippen LogP contribution in [0.4, 0.5) is 13.2 Å². The first-order chi connectivity index (χ1) is 14.7. The molecule has 7 nitrogen and oxygen atoms in total. The maximum Gasteiger partial charge on any atom is 0.573 e. The summed E-state index contributed by atoms with van der Waals surface area (Å²) in [6.07, 6.45) is -5.66. The summed E-state index contributed by atoms with van der Waals surface area (Å²) in [6.45, 7) is -0.0612. The molecule has 1 aliphatic heterocycles. The number of fused-ring (bicyclic) bond motifs is 1. The van der Waals surface area contributed by atoms with Gasteiger partial charge in [0.2, 0.25) is 5.91 Å². The molecule has 3 rings (SSSR count). The Morgan fingerprint density at radius 1 is 1.03 bits per heavy atom. The van der Waals surface area contributed by atoms with E-state index in [4.69, 9.17) is 0 Å². The number of hydrogen-bond acceptors (Lipinski definition) is 5. The number of nitrogens with zero attached hydrogens (tertiary/aromatic N) is 1. The van der Waals surface area contributed by atoms with E-state index in [0.29, 0.717) is 16.7 Å². The van der Waals surface area contributed by atoms with Gasteiger partial charge in [0.15, 0.2) is 0 Å². The number of aliphatic hydroxyl groups excluding tert-OH is 1. The first-order valence-corrected chi connectivity index (χ1v) is 9.41. The number of alkyl halides is 3. The minimum atomic E-state index is -4.80. The summed E-state index contributed by atoms with van der Waals surface area (Å²) in [5.74, 6) is -1.60. The molecular formula is C21H19F3N2O5. The van der Waals surface area contributed by atoms with E-state index in [0.717, 1.165) is 17.0 Å². The minimum Gasteiger partial charge on any atom is -0.406 e. The van der Waals surface area contributed by atoms with Crippen molar-refractivity contribution in [2.75, 3.05) is 13.1 Å². The second-order valence-corrected chi connectivity index (χ2v) is 6.85. The van der Waals surface area contributed by atoms with E-state index in [1.54, 1.807) is 24.3 Å². The maximum absolute atomic E-state index is 12.3. The van der Waals surface area contributed by atoms with E-state index >= 15 is 0 Å². The number of rotatable bonds is 8. The van der Waals surface area contributed by atoms with Crippen molar-refractivity contribution in [3.05, 3.63) is 65.2 Å². The van der Waals surface area contributed by atoms with Gasteiger partial charge in [0.05, 0.1) is 17.2 Å². The molecule has 0 saturated carbocycles. The topological polar surface area (TPSA) is 95.9 Å². The molecule has 0 fully saturated rings. The first-order valence-electron chi connectivity index (χ1n) is 9.41. The second kappa shape index (κ2) is 9.17. The molecule has 0 radical (unpaired) electrons.